The number of aryl methyl sites for hydroxylation is 1. The van der Waals surface area contributed by atoms with Crippen molar-refractivity contribution >= 4 is 15.9 Å². The molecule has 0 unspecified atom stereocenters. The monoisotopic (exact) mass is 319 g/mol. The van der Waals surface area contributed by atoms with E-state index in [0.29, 0.717) is 0 Å². The highest BCUT2D eigenvalue weighted by molar-refractivity contribution is 9.10. The fourth-order valence-electron chi connectivity index (χ4n) is 1.84. The molecule has 1 atom stereocenters. The Morgan fingerprint density at radius 1 is 1.11 bits per heavy atom. The third kappa shape index (κ3) is 3.58. The standard InChI is InChI=1S/C16H18BrNO/c1-3-16(18)12-4-6-13(7-5-12)19-14-8-9-15(17)11(2)10-14/h4-10,16H,3,18H2,1-2H3/t16-/m0/s1. The molecule has 0 aliphatic heterocycles. The molecular formula is C16H18BrNO. The summed E-state index contributed by atoms with van der Waals surface area (Å²) < 4.78 is 6.91. The number of nitrogens with two attached hydrogens (primary N) is 1. The normalized spacial score (nSPS) is 12.2. The summed E-state index contributed by atoms with van der Waals surface area (Å²) in [5.41, 5.74) is 8.28. The molecule has 2 N–H and O–H groups in total. The second kappa shape index (κ2) is 6.22. The predicted molar refractivity (Wildman–Crippen MR) is 82.6 cm³/mol. The molecule has 2 nitrogen and oxygen atoms in total. The third-order valence-electron chi connectivity index (χ3n) is 3.11. The summed E-state index contributed by atoms with van der Waals surface area (Å²) in [6, 6.07) is 14.0. The van der Waals surface area contributed by atoms with E-state index in [2.05, 4.69) is 22.9 Å². The van der Waals surface area contributed by atoms with Gasteiger partial charge in [-0.1, -0.05) is 35.0 Å². The smallest absolute Gasteiger partial charge is 0.127 e. The maximum Gasteiger partial charge on any atom is 0.127 e. The van der Waals surface area contributed by atoms with Gasteiger partial charge in [0, 0.05) is 10.5 Å². The Hall–Kier alpha value is -1.32. The van der Waals surface area contributed by atoms with E-state index < -0.39 is 0 Å². The zero-order chi connectivity index (χ0) is 13.8. The lowest BCUT2D eigenvalue weighted by Gasteiger charge is -2.11. The van der Waals surface area contributed by atoms with Gasteiger partial charge in [0.05, 0.1) is 0 Å². The number of benzene rings is 2. The maximum absolute atomic E-state index is 5.99. The van der Waals surface area contributed by atoms with Gasteiger partial charge in [0.15, 0.2) is 0 Å². The first-order valence-corrected chi connectivity index (χ1v) is 7.19. The third-order valence-corrected chi connectivity index (χ3v) is 4.00. The summed E-state index contributed by atoms with van der Waals surface area (Å²) in [5, 5.41) is 0. The van der Waals surface area contributed by atoms with Crippen molar-refractivity contribution in [2.75, 3.05) is 0 Å². The summed E-state index contributed by atoms with van der Waals surface area (Å²) in [6.07, 6.45) is 0.937. The van der Waals surface area contributed by atoms with Crippen molar-refractivity contribution in [2.45, 2.75) is 26.3 Å². The van der Waals surface area contributed by atoms with Crippen molar-refractivity contribution in [3.63, 3.8) is 0 Å². The predicted octanol–water partition coefficient (Wildman–Crippen LogP) is 4.96. The van der Waals surface area contributed by atoms with Crippen molar-refractivity contribution < 1.29 is 4.74 Å². The van der Waals surface area contributed by atoms with Crippen LogP contribution in [0.2, 0.25) is 0 Å². The van der Waals surface area contributed by atoms with Crippen LogP contribution in [0.4, 0.5) is 0 Å². The van der Waals surface area contributed by atoms with Gasteiger partial charge in [-0.15, -0.1) is 0 Å². The highest BCUT2D eigenvalue weighted by Gasteiger charge is 2.04. The second-order valence-electron chi connectivity index (χ2n) is 4.60. The molecule has 3 heteroatoms. The molecule has 100 valence electrons. The molecule has 2 aromatic carbocycles. The number of hydrogen-bond donors (Lipinski definition) is 1. The Kier molecular flexibility index (Phi) is 4.61. The fourth-order valence-corrected chi connectivity index (χ4v) is 2.08. The fraction of sp³-hybridized carbons (Fsp3) is 0.250. The molecule has 0 spiro atoms. The van der Waals surface area contributed by atoms with Crippen molar-refractivity contribution in [3.05, 3.63) is 58.1 Å². The minimum atomic E-state index is 0.101. The van der Waals surface area contributed by atoms with Crippen molar-refractivity contribution in [3.8, 4) is 11.5 Å². The van der Waals surface area contributed by atoms with Gasteiger partial charge in [0.1, 0.15) is 11.5 Å². The van der Waals surface area contributed by atoms with Crippen LogP contribution in [0, 0.1) is 6.92 Å². The van der Waals surface area contributed by atoms with E-state index in [0.717, 1.165) is 33.5 Å². The lowest BCUT2D eigenvalue weighted by Crippen LogP contribution is -2.07. The van der Waals surface area contributed by atoms with Crippen LogP contribution in [0.5, 0.6) is 11.5 Å². The minimum absolute atomic E-state index is 0.101. The van der Waals surface area contributed by atoms with E-state index in [1.165, 1.54) is 0 Å². The summed E-state index contributed by atoms with van der Waals surface area (Å²) in [7, 11) is 0. The van der Waals surface area contributed by atoms with Crippen LogP contribution in [-0.2, 0) is 0 Å². The Labute approximate surface area is 122 Å². The first-order valence-electron chi connectivity index (χ1n) is 6.39. The first kappa shape index (κ1) is 14.1. The Bertz CT molecular complexity index is 551. The molecule has 0 saturated carbocycles. The molecule has 0 bridgehead atoms. The largest absolute Gasteiger partial charge is 0.457 e. The van der Waals surface area contributed by atoms with Gasteiger partial charge in [-0.2, -0.15) is 0 Å². The summed E-state index contributed by atoms with van der Waals surface area (Å²) in [4.78, 5) is 0. The van der Waals surface area contributed by atoms with Crippen LogP contribution < -0.4 is 10.5 Å². The molecule has 19 heavy (non-hydrogen) atoms. The zero-order valence-corrected chi connectivity index (χ0v) is 12.8. The van der Waals surface area contributed by atoms with Gasteiger partial charge in [-0.05, 0) is 54.8 Å². The van der Waals surface area contributed by atoms with Crippen LogP contribution >= 0.6 is 15.9 Å². The van der Waals surface area contributed by atoms with E-state index in [9.17, 15) is 0 Å². The molecule has 0 heterocycles. The highest BCUT2D eigenvalue weighted by Crippen LogP contribution is 2.27. The van der Waals surface area contributed by atoms with Crippen LogP contribution in [0.25, 0.3) is 0 Å². The van der Waals surface area contributed by atoms with E-state index in [4.69, 9.17) is 10.5 Å². The van der Waals surface area contributed by atoms with Crippen molar-refractivity contribution in [1.29, 1.82) is 0 Å². The van der Waals surface area contributed by atoms with Crippen molar-refractivity contribution in [2.24, 2.45) is 5.73 Å². The molecule has 2 rings (SSSR count). The maximum atomic E-state index is 5.99. The quantitative estimate of drug-likeness (QED) is 0.864. The molecule has 0 amide bonds. The number of ether oxygens (including phenoxy) is 1. The Balaban J connectivity index is 2.12. The molecule has 0 radical (unpaired) electrons. The summed E-state index contributed by atoms with van der Waals surface area (Å²) in [5.74, 6) is 1.67. The van der Waals surface area contributed by atoms with E-state index in [1.54, 1.807) is 0 Å². The zero-order valence-electron chi connectivity index (χ0n) is 11.2. The molecule has 0 aliphatic rings. The van der Waals surface area contributed by atoms with Crippen LogP contribution in [-0.4, -0.2) is 0 Å². The molecule has 2 aromatic rings. The average Bonchev–Trinajstić information content (AvgIpc) is 2.43. The first-order chi connectivity index (χ1) is 9.10. The van der Waals surface area contributed by atoms with Crippen LogP contribution in [0.3, 0.4) is 0 Å². The summed E-state index contributed by atoms with van der Waals surface area (Å²) >= 11 is 3.48. The number of hydrogen-bond acceptors (Lipinski definition) is 2. The highest BCUT2D eigenvalue weighted by atomic mass is 79.9. The molecule has 0 saturated heterocycles. The van der Waals surface area contributed by atoms with Gasteiger partial charge in [-0.25, -0.2) is 0 Å². The Morgan fingerprint density at radius 2 is 1.74 bits per heavy atom. The molecule has 0 fully saturated rings. The number of rotatable bonds is 4. The van der Waals surface area contributed by atoms with E-state index >= 15 is 0 Å². The van der Waals surface area contributed by atoms with Gasteiger partial charge >= 0.3 is 0 Å². The average molecular weight is 320 g/mol. The van der Waals surface area contributed by atoms with Crippen molar-refractivity contribution in [1.82, 2.24) is 0 Å². The summed E-state index contributed by atoms with van der Waals surface area (Å²) in [6.45, 7) is 4.12. The lowest BCUT2D eigenvalue weighted by atomic mass is 10.1. The van der Waals surface area contributed by atoms with Gasteiger partial charge < -0.3 is 10.5 Å². The lowest BCUT2D eigenvalue weighted by molar-refractivity contribution is 0.481. The second-order valence-corrected chi connectivity index (χ2v) is 5.45. The van der Waals surface area contributed by atoms with Gasteiger partial charge in [0.25, 0.3) is 0 Å². The molecule has 0 aromatic heterocycles. The Morgan fingerprint density at radius 3 is 2.32 bits per heavy atom. The van der Waals surface area contributed by atoms with E-state index in [-0.39, 0.29) is 6.04 Å². The SMILES string of the molecule is CC[C@H](N)c1ccc(Oc2ccc(Br)c(C)c2)cc1. The molecule has 0 aliphatic carbocycles. The topological polar surface area (TPSA) is 35.2 Å². The number of halogens is 1. The minimum Gasteiger partial charge on any atom is -0.457 e. The van der Waals surface area contributed by atoms with Gasteiger partial charge in [0.2, 0.25) is 0 Å². The van der Waals surface area contributed by atoms with Crippen LogP contribution in [0.15, 0.2) is 46.9 Å². The van der Waals surface area contributed by atoms with Crippen LogP contribution in [0.1, 0.15) is 30.5 Å². The van der Waals surface area contributed by atoms with E-state index in [1.807, 2.05) is 49.4 Å². The molecular weight excluding hydrogens is 302 g/mol. The van der Waals surface area contributed by atoms with Gasteiger partial charge in [-0.3, -0.25) is 0 Å².